The summed E-state index contributed by atoms with van der Waals surface area (Å²) < 4.78 is 5.45. The van der Waals surface area contributed by atoms with Gasteiger partial charge < -0.3 is 10.1 Å². The lowest BCUT2D eigenvalue weighted by molar-refractivity contribution is -0.120. The van der Waals surface area contributed by atoms with Gasteiger partial charge in [-0.1, -0.05) is 0 Å². The lowest BCUT2D eigenvalue weighted by atomic mass is 10.2. The van der Waals surface area contributed by atoms with Crippen molar-refractivity contribution in [2.24, 2.45) is 0 Å². The molecule has 0 saturated carbocycles. The fourth-order valence-electron chi connectivity index (χ4n) is 1.12. The molecule has 0 radical (unpaired) electrons. The van der Waals surface area contributed by atoms with Gasteiger partial charge in [-0.2, -0.15) is 0 Å². The van der Waals surface area contributed by atoms with Crippen LogP contribution in [0.4, 0.5) is 10.5 Å². The Labute approximate surface area is 113 Å². The Bertz CT molecular complexity index is 406. The summed E-state index contributed by atoms with van der Waals surface area (Å²) in [6.07, 6.45) is -0.758. The molecule has 0 spiro atoms. The van der Waals surface area contributed by atoms with E-state index in [-0.39, 0.29) is 0 Å². The smallest absolute Gasteiger partial charge is 0.413 e. The van der Waals surface area contributed by atoms with E-state index in [2.05, 4.69) is 38.0 Å². The number of imide groups is 1. The third-order valence-electron chi connectivity index (χ3n) is 2.03. The number of rotatable bonds is 3. The van der Waals surface area contributed by atoms with Gasteiger partial charge in [-0.05, 0) is 53.8 Å². The second-order valence-electron chi connectivity index (χ2n) is 3.35. The summed E-state index contributed by atoms with van der Waals surface area (Å²) in [5.41, 5.74) is 0.818. The van der Waals surface area contributed by atoms with Gasteiger partial charge in [0.05, 0.1) is 7.11 Å². The Morgan fingerprint density at radius 3 is 2.41 bits per heavy atom. The van der Waals surface area contributed by atoms with Gasteiger partial charge in [0.15, 0.2) is 0 Å². The predicted octanol–water partition coefficient (Wildman–Crippen LogP) is 1.97. The number of hydrogen-bond donors (Lipinski definition) is 2. The normalized spacial score (nSPS) is 11.5. The number of carbonyl (C=O) groups excluding carboxylic acids is 2. The molecule has 1 aromatic carbocycles. The number of amides is 2. The fraction of sp³-hybridized carbons (Fsp3) is 0.273. The van der Waals surface area contributed by atoms with Crippen molar-refractivity contribution >= 4 is 40.3 Å². The molecule has 0 aliphatic rings. The molecule has 0 fully saturated rings. The van der Waals surface area contributed by atoms with Crippen LogP contribution in [0.15, 0.2) is 24.3 Å². The molecule has 2 amide bonds. The van der Waals surface area contributed by atoms with Gasteiger partial charge in [0.2, 0.25) is 0 Å². The van der Waals surface area contributed by atoms with E-state index in [1.807, 2.05) is 24.3 Å². The SMILES string of the molecule is COC(=O)NC(=O)[C@H](C)Nc1ccc(I)cc1. The number of ether oxygens (including phenoxy) is 1. The summed E-state index contributed by atoms with van der Waals surface area (Å²) in [7, 11) is 1.21. The molecule has 17 heavy (non-hydrogen) atoms. The maximum atomic E-state index is 11.5. The monoisotopic (exact) mass is 348 g/mol. The summed E-state index contributed by atoms with van der Waals surface area (Å²) in [5.74, 6) is -0.435. The van der Waals surface area contributed by atoms with E-state index < -0.39 is 18.0 Å². The molecule has 6 heteroatoms. The zero-order valence-corrected chi connectivity index (χ0v) is 11.6. The van der Waals surface area contributed by atoms with Crippen molar-refractivity contribution in [1.82, 2.24) is 5.32 Å². The van der Waals surface area contributed by atoms with Crippen LogP contribution in [-0.2, 0) is 9.53 Å². The summed E-state index contributed by atoms with van der Waals surface area (Å²) in [4.78, 5) is 22.3. The number of alkyl carbamates (subject to hydrolysis) is 1. The van der Waals surface area contributed by atoms with E-state index in [1.165, 1.54) is 7.11 Å². The van der Waals surface area contributed by atoms with E-state index in [9.17, 15) is 9.59 Å². The molecule has 0 saturated heterocycles. The van der Waals surface area contributed by atoms with Crippen LogP contribution in [0.25, 0.3) is 0 Å². The van der Waals surface area contributed by atoms with Gasteiger partial charge in [0.25, 0.3) is 5.91 Å². The molecule has 92 valence electrons. The van der Waals surface area contributed by atoms with E-state index in [1.54, 1.807) is 6.92 Å². The highest BCUT2D eigenvalue weighted by atomic mass is 127. The van der Waals surface area contributed by atoms with Gasteiger partial charge >= 0.3 is 6.09 Å². The van der Waals surface area contributed by atoms with Crippen molar-refractivity contribution in [3.63, 3.8) is 0 Å². The van der Waals surface area contributed by atoms with Gasteiger partial charge in [-0.15, -0.1) is 0 Å². The Morgan fingerprint density at radius 1 is 1.29 bits per heavy atom. The number of carbonyl (C=O) groups is 2. The third-order valence-corrected chi connectivity index (χ3v) is 2.75. The second-order valence-corrected chi connectivity index (χ2v) is 4.60. The number of benzene rings is 1. The van der Waals surface area contributed by atoms with E-state index in [0.717, 1.165) is 9.26 Å². The molecular formula is C11H13IN2O3. The first-order chi connectivity index (χ1) is 8.02. The van der Waals surface area contributed by atoms with E-state index in [4.69, 9.17) is 0 Å². The third kappa shape index (κ3) is 4.59. The molecule has 2 N–H and O–H groups in total. The van der Waals surface area contributed by atoms with Crippen molar-refractivity contribution < 1.29 is 14.3 Å². The standard InChI is InChI=1S/C11H13IN2O3/c1-7(10(15)14-11(16)17-2)13-9-5-3-8(12)4-6-9/h3-7,13H,1-2H3,(H,14,15,16)/t7-/m0/s1. The molecule has 0 unspecified atom stereocenters. The molecule has 0 bridgehead atoms. The molecule has 0 heterocycles. The molecular weight excluding hydrogens is 335 g/mol. The average molecular weight is 348 g/mol. The van der Waals surface area contributed by atoms with E-state index >= 15 is 0 Å². The Balaban J connectivity index is 2.54. The number of nitrogens with one attached hydrogen (secondary N) is 2. The first-order valence-corrected chi connectivity index (χ1v) is 6.01. The summed E-state index contributed by atoms with van der Waals surface area (Å²) in [6, 6.07) is 7.06. The number of hydrogen-bond acceptors (Lipinski definition) is 4. The van der Waals surface area contributed by atoms with Gasteiger partial charge in [-0.3, -0.25) is 10.1 Å². The Morgan fingerprint density at radius 2 is 1.88 bits per heavy atom. The van der Waals surface area contributed by atoms with Gasteiger partial charge in [-0.25, -0.2) is 4.79 Å². The summed E-state index contributed by atoms with van der Waals surface area (Å²) in [6.45, 7) is 1.66. The van der Waals surface area contributed by atoms with Crippen LogP contribution in [0, 0.1) is 3.57 Å². The van der Waals surface area contributed by atoms with Crippen LogP contribution in [0.3, 0.4) is 0 Å². The Kier molecular flexibility index (Phi) is 5.20. The molecule has 0 aliphatic heterocycles. The maximum Gasteiger partial charge on any atom is 0.413 e. The molecule has 0 aliphatic carbocycles. The van der Waals surface area contributed by atoms with Crippen molar-refractivity contribution in [2.45, 2.75) is 13.0 Å². The van der Waals surface area contributed by atoms with Crippen LogP contribution in [0.1, 0.15) is 6.92 Å². The lowest BCUT2D eigenvalue weighted by Crippen LogP contribution is -2.40. The average Bonchev–Trinajstić information content (AvgIpc) is 2.31. The molecule has 1 aromatic rings. The number of anilines is 1. The van der Waals surface area contributed by atoms with Crippen LogP contribution in [0.2, 0.25) is 0 Å². The summed E-state index contributed by atoms with van der Waals surface area (Å²) >= 11 is 2.20. The van der Waals surface area contributed by atoms with Crippen LogP contribution < -0.4 is 10.6 Å². The maximum absolute atomic E-state index is 11.5. The zero-order valence-electron chi connectivity index (χ0n) is 9.49. The van der Waals surface area contributed by atoms with Crippen LogP contribution >= 0.6 is 22.6 Å². The van der Waals surface area contributed by atoms with Crippen molar-refractivity contribution in [3.8, 4) is 0 Å². The van der Waals surface area contributed by atoms with Crippen molar-refractivity contribution in [1.29, 1.82) is 0 Å². The molecule has 5 nitrogen and oxygen atoms in total. The Hall–Kier alpha value is -1.31. The van der Waals surface area contributed by atoms with E-state index in [0.29, 0.717) is 0 Å². The minimum Gasteiger partial charge on any atom is -0.453 e. The van der Waals surface area contributed by atoms with Crippen molar-refractivity contribution in [3.05, 3.63) is 27.8 Å². The highest BCUT2D eigenvalue weighted by molar-refractivity contribution is 14.1. The van der Waals surface area contributed by atoms with Crippen LogP contribution in [0.5, 0.6) is 0 Å². The van der Waals surface area contributed by atoms with Crippen LogP contribution in [-0.4, -0.2) is 25.2 Å². The number of halogens is 1. The lowest BCUT2D eigenvalue weighted by Gasteiger charge is -2.14. The topological polar surface area (TPSA) is 67.4 Å². The predicted molar refractivity (Wildman–Crippen MR) is 72.8 cm³/mol. The highest BCUT2D eigenvalue weighted by Crippen LogP contribution is 2.12. The molecule has 1 atom stereocenters. The number of methoxy groups -OCH3 is 1. The minimum atomic E-state index is -0.758. The minimum absolute atomic E-state index is 0.435. The summed E-state index contributed by atoms with van der Waals surface area (Å²) in [5, 5.41) is 5.07. The largest absolute Gasteiger partial charge is 0.453 e. The fourth-order valence-corrected chi connectivity index (χ4v) is 1.48. The second kappa shape index (κ2) is 6.43. The van der Waals surface area contributed by atoms with Crippen molar-refractivity contribution in [2.75, 3.05) is 12.4 Å². The first kappa shape index (κ1) is 13.8. The first-order valence-electron chi connectivity index (χ1n) is 4.94. The van der Waals surface area contributed by atoms with Gasteiger partial charge in [0, 0.05) is 9.26 Å². The highest BCUT2D eigenvalue weighted by Gasteiger charge is 2.15. The van der Waals surface area contributed by atoms with Gasteiger partial charge in [0.1, 0.15) is 6.04 Å². The molecule has 1 rings (SSSR count). The zero-order chi connectivity index (χ0) is 12.8. The molecule has 0 aromatic heterocycles. The quantitative estimate of drug-likeness (QED) is 0.820.